The highest BCUT2D eigenvalue weighted by Gasteiger charge is 2.27. The van der Waals surface area contributed by atoms with Gasteiger partial charge in [0.1, 0.15) is 0 Å². The summed E-state index contributed by atoms with van der Waals surface area (Å²) in [5.74, 6) is 0.113. The molecule has 0 spiro atoms. The summed E-state index contributed by atoms with van der Waals surface area (Å²) in [6, 6.07) is 0.246. The predicted molar refractivity (Wildman–Crippen MR) is 73.3 cm³/mol. The maximum absolute atomic E-state index is 12.5. The van der Waals surface area contributed by atoms with Crippen LogP contribution in [0.4, 0.5) is 0 Å². The molecule has 0 aromatic carbocycles. The maximum atomic E-state index is 12.5. The molecule has 1 saturated heterocycles. The van der Waals surface area contributed by atoms with E-state index >= 15 is 0 Å². The van der Waals surface area contributed by atoms with Crippen molar-refractivity contribution in [1.82, 2.24) is 20.0 Å². The number of carbonyl (C=O) groups excluding carboxylic acids is 1. The summed E-state index contributed by atoms with van der Waals surface area (Å²) in [5, 5.41) is 7.60. The highest BCUT2D eigenvalue weighted by atomic mass is 35.5. The molecule has 1 fully saturated rings. The lowest BCUT2D eigenvalue weighted by Gasteiger charge is -2.34. The van der Waals surface area contributed by atoms with Gasteiger partial charge in [-0.15, -0.1) is 12.4 Å². The first kappa shape index (κ1) is 15.0. The molecule has 5 nitrogen and oxygen atoms in total. The van der Waals surface area contributed by atoms with E-state index in [-0.39, 0.29) is 24.4 Å². The number of piperazine rings is 1. The minimum atomic E-state index is 0. The number of aromatic nitrogens is 2. The van der Waals surface area contributed by atoms with Crippen LogP contribution >= 0.6 is 12.4 Å². The van der Waals surface area contributed by atoms with E-state index in [0.29, 0.717) is 0 Å². The fourth-order valence-corrected chi connectivity index (χ4v) is 2.37. The largest absolute Gasteiger partial charge is 0.333 e. The van der Waals surface area contributed by atoms with Crippen LogP contribution in [0.1, 0.15) is 28.7 Å². The van der Waals surface area contributed by atoms with Crippen molar-refractivity contribution in [1.29, 1.82) is 0 Å². The van der Waals surface area contributed by atoms with E-state index in [2.05, 4.69) is 17.3 Å². The van der Waals surface area contributed by atoms with E-state index in [1.54, 1.807) is 4.68 Å². The molecule has 1 N–H and O–H groups in total. The summed E-state index contributed by atoms with van der Waals surface area (Å²) in [5.41, 5.74) is 2.53. The number of amides is 1. The Morgan fingerprint density at radius 1 is 1.44 bits per heavy atom. The molecule has 1 amide bonds. The van der Waals surface area contributed by atoms with Crippen LogP contribution in [-0.2, 0) is 7.05 Å². The summed E-state index contributed by atoms with van der Waals surface area (Å²) in [6.07, 6.45) is 0. The van der Waals surface area contributed by atoms with Crippen LogP contribution in [0.2, 0.25) is 0 Å². The van der Waals surface area contributed by atoms with Crippen molar-refractivity contribution in [2.45, 2.75) is 26.8 Å². The number of aryl methyl sites for hydroxylation is 2. The van der Waals surface area contributed by atoms with Gasteiger partial charge in [0.05, 0.1) is 11.3 Å². The van der Waals surface area contributed by atoms with E-state index < -0.39 is 0 Å². The monoisotopic (exact) mass is 272 g/mol. The third kappa shape index (κ3) is 2.52. The number of rotatable bonds is 1. The van der Waals surface area contributed by atoms with Gasteiger partial charge in [-0.3, -0.25) is 9.48 Å². The molecule has 0 saturated carbocycles. The Morgan fingerprint density at radius 3 is 2.61 bits per heavy atom. The summed E-state index contributed by atoms with van der Waals surface area (Å²) in [6.45, 7) is 8.42. The quantitative estimate of drug-likeness (QED) is 0.826. The molecule has 1 aromatic rings. The first-order valence-electron chi connectivity index (χ1n) is 6.04. The molecule has 1 aliphatic heterocycles. The Labute approximate surface area is 114 Å². The minimum absolute atomic E-state index is 0. The van der Waals surface area contributed by atoms with Crippen molar-refractivity contribution in [2.75, 3.05) is 19.6 Å². The number of halogens is 1. The molecule has 1 aliphatic rings. The van der Waals surface area contributed by atoms with Gasteiger partial charge < -0.3 is 10.2 Å². The molecule has 2 rings (SSSR count). The van der Waals surface area contributed by atoms with E-state index in [9.17, 15) is 4.79 Å². The highest BCUT2D eigenvalue weighted by Crippen LogP contribution is 2.17. The number of hydrogen-bond acceptors (Lipinski definition) is 3. The zero-order valence-electron chi connectivity index (χ0n) is 11.4. The van der Waals surface area contributed by atoms with Crippen LogP contribution in [0.15, 0.2) is 0 Å². The Hall–Kier alpha value is -1.07. The van der Waals surface area contributed by atoms with Crippen molar-refractivity contribution in [3.8, 4) is 0 Å². The van der Waals surface area contributed by atoms with Gasteiger partial charge in [-0.25, -0.2) is 0 Å². The zero-order chi connectivity index (χ0) is 12.6. The molecule has 0 unspecified atom stereocenters. The normalized spacial score (nSPS) is 19.6. The molecular weight excluding hydrogens is 252 g/mol. The fraction of sp³-hybridized carbons (Fsp3) is 0.667. The Kier molecular flexibility index (Phi) is 4.76. The van der Waals surface area contributed by atoms with Crippen LogP contribution in [0.5, 0.6) is 0 Å². The Bertz CT molecular complexity index is 444. The Morgan fingerprint density at radius 2 is 2.11 bits per heavy atom. The molecule has 0 radical (unpaired) electrons. The van der Waals surface area contributed by atoms with Crippen molar-refractivity contribution in [2.24, 2.45) is 7.05 Å². The van der Waals surface area contributed by atoms with E-state index in [4.69, 9.17) is 0 Å². The summed E-state index contributed by atoms with van der Waals surface area (Å²) < 4.78 is 1.77. The van der Waals surface area contributed by atoms with Gasteiger partial charge in [-0.1, -0.05) is 0 Å². The summed E-state index contributed by atoms with van der Waals surface area (Å²) in [7, 11) is 1.88. The van der Waals surface area contributed by atoms with Crippen LogP contribution in [0, 0.1) is 13.8 Å². The SMILES string of the molecule is Cc1nn(C)c(C)c1C(=O)N1CCNC[C@@H]1C.Cl. The van der Waals surface area contributed by atoms with E-state index in [1.807, 2.05) is 25.8 Å². The number of carbonyl (C=O) groups is 1. The van der Waals surface area contributed by atoms with Crippen molar-refractivity contribution in [3.05, 3.63) is 17.0 Å². The van der Waals surface area contributed by atoms with Gasteiger partial charge in [0, 0.05) is 38.4 Å². The number of hydrogen-bond donors (Lipinski definition) is 1. The summed E-state index contributed by atoms with van der Waals surface area (Å²) in [4.78, 5) is 14.4. The molecule has 1 aromatic heterocycles. The standard InChI is InChI=1S/C12H20N4O.ClH/c1-8-7-13-5-6-16(8)12(17)11-9(2)14-15(4)10(11)3;/h8,13H,5-7H2,1-4H3;1H/t8-;/m0./s1. The Balaban J connectivity index is 0.00000162. The zero-order valence-corrected chi connectivity index (χ0v) is 12.2. The maximum Gasteiger partial charge on any atom is 0.257 e. The van der Waals surface area contributed by atoms with Crippen molar-refractivity contribution in [3.63, 3.8) is 0 Å². The molecule has 102 valence electrons. The van der Waals surface area contributed by atoms with Gasteiger partial charge in [0.15, 0.2) is 0 Å². The lowest BCUT2D eigenvalue weighted by molar-refractivity contribution is 0.0654. The molecule has 2 heterocycles. The van der Waals surface area contributed by atoms with E-state index in [0.717, 1.165) is 36.6 Å². The van der Waals surface area contributed by atoms with Gasteiger partial charge in [0.25, 0.3) is 5.91 Å². The smallest absolute Gasteiger partial charge is 0.257 e. The second kappa shape index (κ2) is 5.71. The first-order valence-corrected chi connectivity index (χ1v) is 6.04. The lowest BCUT2D eigenvalue weighted by atomic mass is 10.1. The molecular formula is C12H21ClN4O. The number of nitrogens with one attached hydrogen (secondary N) is 1. The van der Waals surface area contributed by atoms with Crippen LogP contribution < -0.4 is 5.32 Å². The van der Waals surface area contributed by atoms with Gasteiger partial charge >= 0.3 is 0 Å². The second-order valence-corrected chi connectivity index (χ2v) is 4.72. The minimum Gasteiger partial charge on any atom is -0.333 e. The van der Waals surface area contributed by atoms with Gasteiger partial charge in [0.2, 0.25) is 0 Å². The average Bonchev–Trinajstić information content (AvgIpc) is 2.53. The van der Waals surface area contributed by atoms with Crippen LogP contribution in [0.25, 0.3) is 0 Å². The fourth-order valence-electron chi connectivity index (χ4n) is 2.37. The molecule has 0 bridgehead atoms. The number of nitrogens with zero attached hydrogens (tertiary/aromatic N) is 3. The van der Waals surface area contributed by atoms with Crippen LogP contribution in [-0.4, -0.2) is 46.3 Å². The third-order valence-electron chi connectivity index (χ3n) is 3.49. The predicted octanol–water partition coefficient (Wildman–Crippen LogP) is 0.893. The van der Waals surface area contributed by atoms with Gasteiger partial charge in [-0.2, -0.15) is 5.10 Å². The molecule has 1 atom stereocenters. The molecule has 0 aliphatic carbocycles. The first-order chi connectivity index (χ1) is 8.02. The van der Waals surface area contributed by atoms with Gasteiger partial charge in [-0.05, 0) is 20.8 Å². The lowest BCUT2D eigenvalue weighted by Crippen LogP contribution is -2.52. The third-order valence-corrected chi connectivity index (χ3v) is 3.49. The highest BCUT2D eigenvalue weighted by molar-refractivity contribution is 5.96. The topological polar surface area (TPSA) is 50.2 Å². The van der Waals surface area contributed by atoms with Crippen LogP contribution in [0.3, 0.4) is 0 Å². The van der Waals surface area contributed by atoms with E-state index in [1.165, 1.54) is 0 Å². The second-order valence-electron chi connectivity index (χ2n) is 4.72. The molecule has 6 heteroatoms. The summed E-state index contributed by atoms with van der Waals surface area (Å²) >= 11 is 0. The molecule has 18 heavy (non-hydrogen) atoms. The average molecular weight is 273 g/mol. The van der Waals surface area contributed by atoms with Crippen molar-refractivity contribution >= 4 is 18.3 Å². The van der Waals surface area contributed by atoms with Crippen molar-refractivity contribution < 1.29 is 4.79 Å².